The Balaban J connectivity index is 2.01. The Bertz CT molecular complexity index is 692. The summed E-state index contributed by atoms with van der Waals surface area (Å²) in [4.78, 5) is 12.0. The number of carbonyl (C=O) groups is 1. The van der Waals surface area contributed by atoms with Crippen molar-refractivity contribution in [2.45, 2.75) is 0 Å². The van der Waals surface area contributed by atoms with Gasteiger partial charge in [-0.15, -0.1) is 0 Å². The van der Waals surface area contributed by atoms with Crippen molar-refractivity contribution in [2.75, 3.05) is 5.32 Å². The summed E-state index contributed by atoms with van der Waals surface area (Å²) in [6, 6.07) is 11.9. The van der Waals surface area contributed by atoms with E-state index < -0.39 is 0 Å². The largest absolute Gasteiger partial charge is 0.331 e. The number of anilines is 1. The van der Waals surface area contributed by atoms with E-state index in [0.717, 1.165) is 4.47 Å². The second-order valence-electron chi connectivity index (χ2n) is 4.04. The van der Waals surface area contributed by atoms with E-state index in [0.29, 0.717) is 21.3 Å². The molecule has 2 aromatic rings. The molecule has 0 bridgehead atoms. The number of hydrogen-bond acceptors (Lipinski definition) is 2. The number of rotatable bonds is 2. The van der Waals surface area contributed by atoms with Crippen LogP contribution in [0.1, 0.15) is 10.4 Å². The van der Waals surface area contributed by atoms with Gasteiger partial charge >= 0.3 is 0 Å². The molecule has 0 spiro atoms. The van der Waals surface area contributed by atoms with Gasteiger partial charge < -0.3 is 5.32 Å². The second-order valence-corrected chi connectivity index (χ2v) is 6.21. The molecule has 0 aliphatic carbocycles. The van der Waals surface area contributed by atoms with Gasteiger partial charge in [0, 0.05) is 15.1 Å². The number of hydrogen-bond donors (Lipinski definition) is 2. The summed E-state index contributed by atoms with van der Waals surface area (Å²) in [5.41, 5.74) is 1.08. The highest BCUT2D eigenvalue weighted by molar-refractivity contribution is 9.10. The Morgan fingerprint density at radius 1 is 1.10 bits per heavy atom. The van der Waals surface area contributed by atoms with Gasteiger partial charge in [-0.3, -0.25) is 10.1 Å². The number of carbonyl (C=O) groups excluding carboxylic acids is 1. The third kappa shape index (κ3) is 4.68. The average molecular weight is 404 g/mol. The van der Waals surface area contributed by atoms with E-state index in [-0.39, 0.29) is 11.0 Å². The lowest BCUT2D eigenvalue weighted by molar-refractivity contribution is 0.0977. The second kappa shape index (κ2) is 7.22. The molecule has 0 saturated carbocycles. The fraction of sp³-hybridized carbons (Fsp3) is 0. The Morgan fingerprint density at radius 2 is 1.76 bits per heavy atom. The Labute approximate surface area is 145 Å². The summed E-state index contributed by atoms with van der Waals surface area (Å²) in [7, 11) is 0. The van der Waals surface area contributed by atoms with Crippen molar-refractivity contribution < 1.29 is 4.79 Å². The van der Waals surface area contributed by atoms with Crippen LogP contribution >= 0.6 is 51.3 Å². The fourth-order valence-electron chi connectivity index (χ4n) is 1.52. The molecule has 2 aromatic carbocycles. The van der Waals surface area contributed by atoms with Crippen molar-refractivity contribution in [1.82, 2.24) is 5.32 Å². The summed E-state index contributed by atoms with van der Waals surface area (Å²) in [6.45, 7) is 0. The SMILES string of the molecule is O=C(NC(=S)Nc1ccc(Cl)cc1Cl)c1ccc(Br)cc1. The number of halogens is 3. The Hall–Kier alpha value is -1.14. The summed E-state index contributed by atoms with van der Waals surface area (Å²) in [5, 5.41) is 6.53. The van der Waals surface area contributed by atoms with Gasteiger partial charge in [0.25, 0.3) is 5.91 Å². The van der Waals surface area contributed by atoms with Crippen LogP contribution in [0.25, 0.3) is 0 Å². The molecule has 7 heteroatoms. The van der Waals surface area contributed by atoms with Crippen LogP contribution in [0.15, 0.2) is 46.9 Å². The van der Waals surface area contributed by atoms with E-state index in [1.807, 2.05) is 0 Å². The van der Waals surface area contributed by atoms with Crippen molar-refractivity contribution in [2.24, 2.45) is 0 Å². The molecule has 0 fully saturated rings. The maximum atomic E-state index is 12.0. The van der Waals surface area contributed by atoms with E-state index in [1.54, 1.807) is 42.5 Å². The summed E-state index contributed by atoms with van der Waals surface area (Å²) >= 11 is 20.2. The van der Waals surface area contributed by atoms with E-state index in [4.69, 9.17) is 35.4 Å². The van der Waals surface area contributed by atoms with Gasteiger partial charge in [-0.05, 0) is 54.7 Å². The molecule has 0 aliphatic rings. The van der Waals surface area contributed by atoms with Crippen LogP contribution in [0.2, 0.25) is 10.0 Å². The minimum Gasteiger partial charge on any atom is -0.331 e. The lowest BCUT2D eigenvalue weighted by Crippen LogP contribution is -2.34. The summed E-state index contributed by atoms with van der Waals surface area (Å²) < 4.78 is 0.896. The number of benzene rings is 2. The predicted octanol–water partition coefficient (Wildman–Crippen LogP) is 4.88. The summed E-state index contributed by atoms with van der Waals surface area (Å²) in [5.74, 6) is -0.301. The van der Waals surface area contributed by atoms with Crippen LogP contribution in [0.3, 0.4) is 0 Å². The third-order valence-corrected chi connectivity index (χ3v) is 3.79. The van der Waals surface area contributed by atoms with E-state index in [1.165, 1.54) is 0 Å². The maximum Gasteiger partial charge on any atom is 0.257 e. The number of thiocarbonyl (C=S) groups is 1. The highest BCUT2D eigenvalue weighted by Crippen LogP contribution is 2.25. The molecule has 108 valence electrons. The van der Waals surface area contributed by atoms with Crippen LogP contribution in [-0.4, -0.2) is 11.0 Å². The molecular weight excluding hydrogens is 395 g/mol. The van der Waals surface area contributed by atoms with Crippen LogP contribution in [0.4, 0.5) is 5.69 Å². The third-order valence-electron chi connectivity index (χ3n) is 2.51. The highest BCUT2D eigenvalue weighted by atomic mass is 79.9. The van der Waals surface area contributed by atoms with Gasteiger partial charge in [-0.25, -0.2) is 0 Å². The van der Waals surface area contributed by atoms with Crippen molar-refractivity contribution in [3.63, 3.8) is 0 Å². The van der Waals surface area contributed by atoms with Crippen molar-refractivity contribution in [3.8, 4) is 0 Å². The lowest BCUT2D eigenvalue weighted by atomic mass is 10.2. The first-order valence-corrected chi connectivity index (χ1v) is 7.74. The van der Waals surface area contributed by atoms with Gasteiger partial charge in [0.2, 0.25) is 0 Å². The molecular formula is C14H9BrCl2N2OS. The standard InChI is InChI=1S/C14H9BrCl2N2OS/c15-9-3-1-8(2-4-9)13(20)19-14(21)18-12-6-5-10(16)7-11(12)17/h1-7H,(H2,18,19,20,21). The van der Waals surface area contributed by atoms with Crippen molar-refractivity contribution >= 4 is 68.1 Å². The number of amides is 1. The highest BCUT2D eigenvalue weighted by Gasteiger charge is 2.09. The number of nitrogens with one attached hydrogen (secondary N) is 2. The quantitative estimate of drug-likeness (QED) is 0.702. The minimum atomic E-state index is -0.301. The molecule has 0 radical (unpaired) electrons. The normalized spacial score (nSPS) is 10.0. The molecule has 0 saturated heterocycles. The monoisotopic (exact) mass is 402 g/mol. The first-order chi connectivity index (χ1) is 9.95. The zero-order chi connectivity index (χ0) is 15.4. The smallest absolute Gasteiger partial charge is 0.257 e. The molecule has 21 heavy (non-hydrogen) atoms. The molecule has 0 atom stereocenters. The molecule has 3 nitrogen and oxygen atoms in total. The average Bonchev–Trinajstić information content (AvgIpc) is 2.42. The van der Waals surface area contributed by atoms with Gasteiger partial charge in [0.1, 0.15) is 0 Å². The first-order valence-electron chi connectivity index (χ1n) is 5.78. The van der Waals surface area contributed by atoms with Crippen LogP contribution in [-0.2, 0) is 0 Å². The lowest BCUT2D eigenvalue weighted by Gasteiger charge is -2.11. The van der Waals surface area contributed by atoms with Gasteiger partial charge in [-0.1, -0.05) is 39.1 Å². The van der Waals surface area contributed by atoms with Crippen molar-refractivity contribution in [3.05, 3.63) is 62.5 Å². The van der Waals surface area contributed by atoms with E-state index >= 15 is 0 Å². The van der Waals surface area contributed by atoms with Crippen LogP contribution in [0, 0.1) is 0 Å². The van der Waals surface area contributed by atoms with Gasteiger partial charge in [0.05, 0.1) is 10.7 Å². The van der Waals surface area contributed by atoms with E-state index in [2.05, 4.69) is 26.6 Å². The van der Waals surface area contributed by atoms with E-state index in [9.17, 15) is 4.79 Å². The van der Waals surface area contributed by atoms with Gasteiger partial charge in [0.15, 0.2) is 5.11 Å². The molecule has 0 unspecified atom stereocenters. The minimum absolute atomic E-state index is 0.159. The zero-order valence-electron chi connectivity index (χ0n) is 10.5. The molecule has 2 rings (SSSR count). The van der Waals surface area contributed by atoms with Crippen molar-refractivity contribution in [1.29, 1.82) is 0 Å². The summed E-state index contributed by atoms with van der Waals surface area (Å²) in [6.07, 6.45) is 0. The molecule has 0 heterocycles. The molecule has 0 aromatic heterocycles. The molecule has 1 amide bonds. The molecule has 2 N–H and O–H groups in total. The Kier molecular flexibility index (Phi) is 5.58. The fourth-order valence-corrected chi connectivity index (χ4v) is 2.44. The predicted molar refractivity (Wildman–Crippen MR) is 94.3 cm³/mol. The van der Waals surface area contributed by atoms with Gasteiger partial charge in [-0.2, -0.15) is 0 Å². The topological polar surface area (TPSA) is 41.1 Å². The zero-order valence-corrected chi connectivity index (χ0v) is 14.4. The maximum absolute atomic E-state index is 12.0. The Morgan fingerprint density at radius 3 is 2.38 bits per heavy atom. The first kappa shape index (κ1) is 16.2. The molecule has 0 aliphatic heterocycles. The van der Waals surface area contributed by atoms with Crippen LogP contribution in [0.5, 0.6) is 0 Å². The van der Waals surface area contributed by atoms with Crippen LogP contribution < -0.4 is 10.6 Å².